The summed E-state index contributed by atoms with van der Waals surface area (Å²) >= 11 is 0. The zero-order chi connectivity index (χ0) is 24.9. The molecule has 0 bridgehead atoms. The molecular formula is C26H45N3O4. The Morgan fingerprint density at radius 3 is 2.15 bits per heavy atom. The number of piperidine rings is 1. The van der Waals surface area contributed by atoms with E-state index in [1.54, 1.807) is 24.9 Å². The fourth-order valence-electron chi connectivity index (χ4n) is 5.22. The maximum Gasteiger partial charge on any atom is 0.331 e. The van der Waals surface area contributed by atoms with Crippen LogP contribution in [0.1, 0.15) is 86.5 Å². The lowest BCUT2D eigenvalue weighted by Gasteiger charge is -2.41. The molecule has 1 saturated carbocycles. The van der Waals surface area contributed by atoms with Gasteiger partial charge in [0.05, 0.1) is 12.1 Å². The second-order valence-corrected chi connectivity index (χ2v) is 11.3. The third-order valence-electron chi connectivity index (χ3n) is 7.28. The highest BCUT2D eigenvalue weighted by Gasteiger charge is 2.40. The Morgan fingerprint density at radius 1 is 1.06 bits per heavy atom. The van der Waals surface area contributed by atoms with E-state index in [-0.39, 0.29) is 35.4 Å². The highest BCUT2D eigenvalue weighted by Crippen LogP contribution is 2.30. The summed E-state index contributed by atoms with van der Waals surface area (Å²) in [6.07, 6.45) is 9.37. The number of likely N-dealkylation sites (tertiary alicyclic amines) is 1. The zero-order valence-corrected chi connectivity index (χ0v) is 21.7. The Bertz CT molecular complexity index is 734. The van der Waals surface area contributed by atoms with Gasteiger partial charge >= 0.3 is 5.97 Å². The van der Waals surface area contributed by atoms with E-state index in [9.17, 15) is 19.5 Å². The number of carbonyl (C=O) groups is 3. The Labute approximate surface area is 200 Å². The van der Waals surface area contributed by atoms with Crippen molar-refractivity contribution >= 4 is 17.8 Å². The number of likely N-dealkylation sites (N-methyl/N-ethyl adjacent to an activating group) is 1. The van der Waals surface area contributed by atoms with Crippen LogP contribution in [-0.4, -0.2) is 70.4 Å². The molecule has 33 heavy (non-hydrogen) atoms. The van der Waals surface area contributed by atoms with Gasteiger partial charge in [0.2, 0.25) is 11.8 Å². The molecule has 0 aromatic heterocycles. The summed E-state index contributed by atoms with van der Waals surface area (Å²) in [5.74, 6) is -1.21. The molecule has 0 spiro atoms. The van der Waals surface area contributed by atoms with Gasteiger partial charge < -0.3 is 15.3 Å². The fraction of sp³-hybridized carbons (Fsp3) is 0.808. The zero-order valence-electron chi connectivity index (χ0n) is 21.7. The summed E-state index contributed by atoms with van der Waals surface area (Å²) < 4.78 is 0. The lowest BCUT2D eigenvalue weighted by Crippen LogP contribution is -2.60. The SMILES string of the molecule is C/C(=C\[C@H](C(C)C)N(C)C(=O)[C@@H](NC(=O)C1CCCCN1C1CCCC1)C(C)(C)C)C(=O)O. The highest BCUT2D eigenvalue weighted by molar-refractivity contribution is 5.91. The van der Waals surface area contributed by atoms with Gasteiger partial charge in [0, 0.05) is 18.7 Å². The maximum atomic E-state index is 13.7. The van der Waals surface area contributed by atoms with E-state index < -0.39 is 17.4 Å². The van der Waals surface area contributed by atoms with Gasteiger partial charge in [0.15, 0.2) is 0 Å². The van der Waals surface area contributed by atoms with Crippen molar-refractivity contribution < 1.29 is 19.5 Å². The maximum absolute atomic E-state index is 13.7. The first-order valence-corrected chi connectivity index (χ1v) is 12.6. The smallest absolute Gasteiger partial charge is 0.331 e. The van der Waals surface area contributed by atoms with Gasteiger partial charge in [-0.2, -0.15) is 0 Å². The first-order chi connectivity index (χ1) is 15.3. The van der Waals surface area contributed by atoms with Gasteiger partial charge in [0.1, 0.15) is 6.04 Å². The number of carboxylic acids is 1. The molecule has 1 unspecified atom stereocenters. The largest absolute Gasteiger partial charge is 0.478 e. The van der Waals surface area contributed by atoms with Crippen molar-refractivity contribution in [3.8, 4) is 0 Å². The van der Waals surface area contributed by atoms with Crippen LogP contribution in [-0.2, 0) is 14.4 Å². The van der Waals surface area contributed by atoms with Gasteiger partial charge in [-0.15, -0.1) is 0 Å². The predicted molar refractivity (Wildman–Crippen MR) is 131 cm³/mol. The summed E-state index contributed by atoms with van der Waals surface area (Å²) in [7, 11) is 1.70. The van der Waals surface area contributed by atoms with E-state index in [2.05, 4.69) is 10.2 Å². The normalized spacial score (nSPS) is 22.8. The van der Waals surface area contributed by atoms with Crippen molar-refractivity contribution in [1.82, 2.24) is 15.1 Å². The molecule has 1 aliphatic carbocycles. The first-order valence-electron chi connectivity index (χ1n) is 12.6. The fourth-order valence-corrected chi connectivity index (χ4v) is 5.22. The van der Waals surface area contributed by atoms with Crippen molar-refractivity contribution in [2.45, 2.75) is 111 Å². The Morgan fingerprint density at radius 2 is 1.64 bits per heavy atom. The van der Waals surface area contributed by atoms with Crippen LogP contribution in [0.5, 0.6) is 0 Å². The molecule has 1 saturated heterocycles. The molecule has 2 fully saturated rings. The molecular weight excluding hydrogens is 418 g/mol. The van der Waals surface area contributed by atoms with Crippen molar-refractivity contribution in [3.63, 3.8) is 0 Å². The first kappa shape index (κ1) is 27.4. The molecule has 7 heteroatoms. The number of aliphatic carboxylic acids is 1. The van der Waals surface area contributed by atoms with Gasteiger partial charge in [-0.05, 0) is 50.5 Å². The molecule has 7 nitrogen and oxygen atoms in total. The van der Waals surface area contributed by atoms with Crippen LogP contribution in [0.2, 0.25) is 0 Å². The molecule has 1 heterocycles. The molecule has 2 rings (SSSR count). The number of hydrogen-bond donors (Lipinski definition) is 2. The molecule has 2 aliphatic rings. The molecule has 0 radical (unpaired) electrons. The average molecular weight is 464 g/mol. The molecule has 1 aliphatic heterocycles. The summed E-state index contributed by atoms with van der Waals surface area (Å²) in [5.41, 5.74) is -0.278. The lowest BCUT2D eigenvalue weighted by molar-refractivity contribution is -0.142. The van der Waals surface area contributed by atoms with Crippen molar-refractivity contribution in [2.75, 3.05) is 13.6 Å². The minimum atomic E-state index is -0.994. The topological polar surface area (TPSA) is 90.0 Å². The molecule has 2 N–H and O–H groups in total. The van der Waals surface area contributed by atoms with Gasteiger partial charge in [-0.3, -0.25) is 14.5 Å². The number of nitrogens with one attached hydrogen (secondary N) is 1. The third kappa shape index (κ3) is 7.05. The Kier molecular flexibility index (Phi) is 9.53. The van der Waals surface area contributed by atoms with E-state index in [1.807, 2.05) is 34.6 Å². The number of carbonyl (C=O) groups excluding carboxylic acids is 2. The molecule has 3 atom stereocenters. The number of carboxylic acid groups (broad SMARTS) is 1. The van der Waals surface area contributed by atoms with Gasteiger partial charge in [0.25, 0.3) is 0 Å². The van der Waals surface area contributed by atoms with Gasteiger partial charge in [-0.1, -0.05) is 60.0 Å². The Balaban J connectivity index is 2.23. The molecule has 188 valence electrons. The van der Waals surface area contributed by atoms with Crippen LogP contribution in [0, 0.1) is 11.3 Å². The van der Waals surface area contributed by atoms with Crippen molar-refractivity contribution in [1.29, 1.82) is 0 Å². The minimum absolute atomic E-state index is 0.0285. The van der Waals surface area contributed by atoms with E-state index in [0.29, 0.717) is 6.04 Å². The summed E-state index contributed by atoms with van der Waals surface area (Å²) in [6, 6.07) is -0.774. The van der Waals surface area contributed by atoms with E-state index >= 15 is 0 Å². The van der Waals surface area contributed by atoms with E-state index in [4.69, 9.17) is 0 Å². The Hall–Kier alpha value is -1.89. The standard InChI is InChI=1S/C26H45N3O4/c1-17(2)21(16-18(3)25(32)33)28(7)24(31)22(26(4,5)6)27-23(30)20-14-10-11-15-29(20)19-12-8-9-13-19/h16-17,19-22H,8-15H2,1-7H3,(H,27,30)(H,32,33)/b18-16+/t20?,21-,22-/m1/s1. The van der Waals surface area contributed by atoms with Crippen LogP contribution < -0.4 is 5.32 Å². The number of nitrogens with zero attached hydrogens (tertiary/aromatic N) is 2. The van der Waals surface area contributed by atoms with Crippen LogP contribution >= 0.6 is 0 Å². The predicted octanol–water partition coefficient (Wildman–Crippen LogP) is 3.83. The number of amides is 2. The van der Waals surface area contributed by atoms with Crippen molar-refractivity contribution in [2.24, 2.45) is 11.3 Å². The molecule has 0 aromatic carbocycles. The second-order valence-electron chi connectivity index (χ2n) is 11.3. The second kappa shape index (κ2) is 11.5. The minimum Gasteiger partial charge on any atom is -0.478 e. The monoisotopic (exact) mass is 463 g/mol. The number of rotatable bonds is 8. The highest BCUT2D eigenvalue weighted by atomic mass is 16.4. The molecule has 0 aromatic rings. The van der Waals surface area contributed by atoms with E-state index in [1.165, 1.54) is 12.8 Å². The summed E-state index contributed by atoms with van der Waals surface area (Å²) in [4.78, 5) is 42.5. The van der Waals surface area contributed by atoms with Gasteiger partial charge in [-0.25, -0.2) is 4.79 Å². The van der Waals surface area contributed by atoms with Crippen LogP contribution in [0.4, 0.5) is 0 Å². The van der Waals surface area contributed by atoms with Crippen LogP contribution in [0.3, 0.4) is 0 Å². The quantitative estimate of drug-likeness (QED) is 0.534. The van der Waals surface area contributed by atoms with Crippen molar-refractivity contribution in [3.05, 3.63) is 11.6 Å². The third-order valence-corrected chi connectivity index (χ3v) is 7.28. The number of hydrogen-bond acceptors (Lipinski definition) is 4. The average Bonchev–Trinajstić information content (AvgIpc) is 3.28. The van der Waals surface area contributed by atoms with Crippen LogP contribution in [0.25, 0.3) is 0 Å². The summed E-state index contributed by atoms with van der Waals surface area (Å²) in [5, 5.41) is 12.4. The van der Waals surface area contributed by atoms with E-state index in [0.717, 1.165) is 38.6 Å². The lowest BCUT2D eigenvalue weighted by atomic mass is 9.84. The summed E-state index contributed by atoms with van der Waals surface area (Å²) in [6.45, 7) is 12.3. The molecule has 2 amide bonds. The van der Waals surface area contributed by atoms with Crippen LogP contribution in [0.15, 0.2) is 11.6 Å².